The van der Waals surface area contributed by atoms with Crippen LogP contribution in [0.4, 0.5) is 0 Å². The van der Waals surface area contributed by atoms with Crippen LogP contribution in [0, 0.1) is 0 Å². The molecule has 2 aromatic carbocycles. The van der Waals surface area contributed by atoms with Crippen LogP contribution in [0.5, 0.6) is 0 Å². The van der Waals surface area contributed by atoms with E-state index in [9.17, 15) is 14.7 Å². The number of carboxylic acids is 1. The van der Waals surface area contributed by atoms with Crippen molar-refractivity contribution in [1.82, 2.24) is 15.3 Å². The predicted molar refractivity (Wildman–Crippen MR) is 127 cm³/mol. The molecule has 7 nitrogen and oxygen atoms in total. The van der Waals surface area contributed by atoms with Crippen LogP contribution in [0.3, 0.4) is 0 Å². The van der Waals surface area contributed by atoms with Crippen LogP contribution in [0.15, 0.2) is 57.7 Å². The number of amides is 1. The standard InChI is InChI=1S/C22H20Br2N4O3/c23-13-1-3-18-15(7-13)11(9-26-18)5-17(25)21(29)28-20(22(30)31)6-12-10-27-19-4-2-14(24)8-16(12)19/h1-4,7-10,17,20,26-27H,5-6,25H2,(H,28,29)(H,30,31)/t17-,20-/m0/s1. The van der Waals surface area contributed by atoms with E-state index < -0.39 is 24.0 Å². The van der Waals surface area contributed by atoms with Crippen LogP contribution in [0.1, 0.15) is 11.1 Å². The van der Waals surface area contributed by atoms with Crippen molar-refractivity contribution >= 4 is 65.5 Å². The summed E-state index contributed by atoms with van der Waals surface area (Å²) < 4.78 is 1.82. The van der Waals surface area contributed by atoms with Gasteiger partial charge in [-0.3, -0.25) is 4.79 Å². The molecule has 0 bridgehead atoms. The zero-order valence-corrected chi connectivity index (χ0v) is 19.5. The van der Waals surface area contributed by atoms with E-state index in [-0.39, 0.29) is 12.8 Å². The number of nitrogens with two attached hydrogens (primary N) is 1. The second-order valence-corrected chi connectivity index (χ2v) is 9.25. The van der Waals surface area contributed by atoms with E-state index in [1.54, 1.807) is 6.20 Å². The molecule has 4 rings (SSSR count). The molecule has 9 heteroatoms. The minimum atomic E-state index is -1.11. The molecule has 2 heterocycles. The lowest BCUT2D eigenvalue weighted by Crippen LogP contribution is -2.50. The highest BCUT2D eigenvalue weighted by Gasteiger charge is 2.25. The second kappa shape index (κ2) is 8.86. The summed E-state index contributed by atoms with van der Waals surface area (Å²) in [6, 6.07) is 9.59. The molecule has 0 spiro atoms. The minimum absolute atomic E-state index is 0.143. The number of aliphatic carboxylic acids is 1. The first-order valence-corrected chi connectivity index (χ1v) is 11.2. The average molecular weight is 548 g/mol. The third kappa shape index (κ3) is 4.68. The van der Waals surface area contributed by atoms with Gasteiger partial charge in [0, 0.05) is 49.6 Å². The van der Waals surface area contributed by atoms with Crippen molar-refractivity contribution in [3.63, 3.8) is 0 Å². The van der Waals surface area contributed by atoms with Gasteiger partial charge in [-0.05, 0) is 53.9 Å². The van der Waals surface area contributed by atoms with Gasteiger partial charge in [-0.25, -0.2) is 4.79 Å². The highest BCUT2D eigenvalue weighted by molar-refractivity contribution is 9.10. The Morgan fingerprint density at radius 3 is 1.97 bits per heavy atom. The Kier molecular flexibility index (Phi) is 6.17. The van der Waals surface area contributed by atoms with Crippen LogP contribution in [0.2, 0.25) is 0 Å². The zero-order chi connectivity index (χ0) is 22.1. The molecule has 6 N–H and O–H groups in total. The summed E-state index contributed by atoms with van der Waals surface area (Å²) >= 11 is 6.88. The number of halogens is 2. The number of benzene rings is 2. The number of carboxylic acid groups (broad SMARTS) is 1. The molecular weight excluding hydrogens is 528 g/mol. The molecule has 2 atom stereocenters. The van der Waals surface area contributed by atoms with Gasteiger partial charge in [0.25, 0.3) is 0 Å². The van der Waals surface area contributed by atoms with E-state index in [1.807, 2.05) is 42.6 Å². The number of carbonyl (C=O) groups is 2. The van der Waals surface area contributed by atoms with Crippen molar-refractivity contribution in [3.8, 4) is 0 Å². The molecule has 0 aliphatic rings. The summed E-state index contributed by atoms with van der Waals surface area (Å²) in [5.41, 5.74) is 9.67. The molecule has 0 radical (unpaired) electrons. The summed E-state index contributed by atoms with van der Waals surface area (Å²) in [5, 5.41) is 14.1. The molecule has 160 valence electrons. The molecule has 0 unspecified atom stereocenters. The zero-order valence-electron chi connectivity index (χ0n) is 16.3. The van der Waals surface area contributed by atoms with E-state index in [2.05, 4.69) is 47.1 Å². The van der Waals surface area contributed by atoms with Gasteiger partial charge >= 0.3 is 5.97 Å². The summed E-state index contributed by atoms with van der Waals surface area (Å²) in [7, 11) is 0. The SMILES string of the molecule is N[C@@H](Cc1c[nH]c2ccc(Br)cc12)C(=O)N[C@@H](Cc1c[nH]c2ccc(Br)cc12)C(=O)O. The predicted octanol–water partition coefficient (Wildman–Crippen LogP) is 3.86. The van der Waals surface area contributed by atoms with E-state index in [0.717, 1.165) is 41.9 Å². The van der Waals surface area contributed by atoms with Crippen molar-refractivity contribution in [2.24, 2.45) is 5.73 Å². The summed E-state index contributed by atoms with van der Waals surface area (Å²) in [6.45, 7) is 0. The van der Waals surface area contributed by atoms with Gasteiger partial charge in [-0.2, -0.15) is 0 Å². The quantitative estimate of drug-likeness (QED) is 0.241. The normalized spacial score (nSPS) is 13.4. The lowest BCUT2D eigenvalue weighted by Gasteiger charge is -2.18. The van der Waals surface area contributed by atoms with Crippen molar-refractivity contribution < 1.29 is 14.7 Å². The lowest BCUT2D eigenvalue weighted by molar-refractivity contribution is -0.141. The molecule has 0 aliphatic carbocycles. The molecule has 0 saturated heterocycles. The Bertz CT molecular complexity index is 1280. The number of aromatic amines is 2. The summed E-state index contributed by atoms with van der Waals surface area (Å²) in [5.74, 6) is -1.61. The Balaban J connectivity index is 1.48. The highest BCUT2D eigenvalue weighted by Crippen LogP contribution is 2.25. The number of hydrogen-bond acceptors (Lipinski definition) is 3. The highest BCUT2D eigenvalue weighted by atomic mass is 79.9. The third-order valence-electron chi connectivity index (χ3n) is 5.27. The third-order valence-corrected chi connectivity index (χ3v) is 6.26. The van der Waals surface area contributed by atoms with Crippen LogP contribution in [0.25, 0.3) is 21.8 Å². The van der Waals surface area contributed by atoms with Crippen molar-refractivity contribution in [3.05, 3.63) is 68.9 Å². The Labute approximate surface area is 194 Å². The number of rotatable bonds is 7. The molecule has 0 saturated carbocycles. The van der Waals surface area contributed by atoms with Gasteiger partial charge in [0.2, 0.25) is 5.91 Å². The van der Waals surface area contributed by atoms with Gasteiger partial charge in [-0.15, -0.1) is 0 Å². The number of aromatic nitrogens is 2. The van der Waals surface area contributed by atoms with Crippen molar-refractivity contribution in [2.45, 2.75) is 24.9 Å². The van der Waals surface area contributed by atoms with Crippen molar-refractivity contribution in [2.75, 3.05) is 0 Å². The van der Waals surface area contributed by atoms with Crippen LogP contribution in [-0.4, -0.2) is 39.0 Å². The summed E-state index contributed by atoms with van der Waals surface area (Å²) in [6.07, 6.45) is 4.02. The first-order chi connectivity index (χ1) is 14.8. The van der Waals surface area contributed by atoms with E-state index in [1.165, 1.54) is 0 Å². The maximum Gasteiger partial charge on any atom is 0.326 e. The molecule has 1 amide bonds. The summed E-state index contributed by atoms with van der Waals surface area (Å²) in [4.78, 5) is 30.8. The van der Waals surface area contributed by atoms with Crippen LogP contribution < -0.4 is 11.1 Å². The maximum absolute atomic E-state index is 12.7. The lowest BCUT2D eigenvalue weighted by atomic mass is 10.0. The fourth-order valence-electron chi connectivity index (χ4n) is 3.67. The first kappa shape index (κ1) is 21.6. The van der Waals surface area contributed by atoms with Gasteiger partial charge in [-0.1, -0.05) is 31.9 Å². The van der Waals surface area contributed by atoms with Crippen LogP contribution in [-0.2, 0) is 22.4 Å². The molecule has 31 heavy (non-hydrogen) atoms. The fraction of sp³-hybridized carbons (Fsp3) is 0.182. The van der Waals surface area contributed by atoms with E-state index in [0.29, 0.717) is 0 Å². The smallest absolute Gasteiger partial charge is 0.326 e. The Morgan fingerprint density at radius 2 is 1.45 bits per heavy atom. The monoisotopic (exact) mass is 546 g/mol. The topological polar surface area (TPSA) is 124 Å². The number of carbonyl (C=O) groups excluding carboxylic acids is 1. The number of nitrogens with one attached hydrogen (secondary N) is 3. The maximum atomic E-state index is 12.7. The number of fused-ring (bicyclic) bond motifs is 2. The van der Waals surface area contributed by atoms with E-state index >= 15 is 0 Å². The first-order valence-electron chi connectivity index (χ1n) is 9.61. The van der Waals surface area contributed by atoms with Crippen molar-refractivity contribution in [1.29, 1.82) is 0 Å². The fourth-order valence-corrected chi connectivity index (χ4v) is 4.39. The van der Waals surface area contributed by atoms with Gasteiger partial charge in [0.15, 0.2) is 0 Å². The Hall–Kier alpha value is -2.62. The molecule has 4 aromatic rings. The number of H-pyrrole nitrogens is 2. The molecule has 0 aliphatic heterocycles. The largest absolute Gasteiger partial charge is 0.480 e. The van der Waals surface area contributed by atoms with Gasteiger partial charge in [0.05, 0.1) is 6.04 Å². The van der Waals surface area contributed by atoms with Gasteiger partial charge < -0.3 is 26.1 Å². The molecule has 0 fully saturated rings. The molecule has 2 aromatic heterocycles. The minimum Gasteiger partial charge on any atom is -0.480 e. The van der Waals surface area contributed by atoms with E-state index in [4.69, 9.17) is 5.73 Å². The molecular formula is C22H20Br2N4O3. The number of hydrogen-bond donors (Lipinski definition) is 5. The second-order valence-electron chi connectivity index (χ2n) is 7.42. The van der Waals surface area contributed by atoms with Gasteiger partial charge in [0.1, 0.15) is 6.04 Å². The van der Waals surface area contributed by atoms with Crippen LogP contribution >= 0.6 is 31.9 Å². The average Bonchev–Trinajstić information content (AvgIpc) is 3.31. The Morgan fingerprint density at radius 1 is 0.935 bits per heavy atom.